The number of halogens is 3. The van der Waals surface area contributed by atoms with E-state index >= 15 is 0 Å². The first-order valence-corrected chi connectivity index (χ1v) is 13.2. The molecule has 1 aliphatic heterocycles. The topological polar surface area (TPSA) is 66.8 Å². The summed E-state index contributed by atoms with van der Waals surface area (Å²) in [4.78, 5) is 27.0. The molecule has 6 nitrogen and oxygen atoms in total. The van der Waals surface area contributed by atoms with E-state index in [4.69, 9.17) is 0 Å². The first-order valence-electron chi connectivity index (χ1n) is 13.2. The van der Waals surface area contributed by atoms with E-state index in [1.54, 1.807) is 0 Å². The fraction of sp³-hybridized carbons (Fsp3) is 0.300. The van der Waals surface area contributed by atoms with Crippen molar-refractivity contribution in [1.29, 1.82) is 0 Å². The predicted molar refractivity (Wildman–Crippen MR) is 143 cm³/mol. The van der Waals surface area contributed by atoms with Gasteiger partial charge in [0.1, 0.15) is 11.5 Å². The van der Waals surface area contributed by atoms with Crippen molar-refractivity contribution in [2.75, 3.05) is 13.1 Å². The van der Waals surface area contributed by atoms with Crippen molar-refractivity contribution in [1.82, 2.24) is 24.4 Å². The van der Waals surface area contributed by atoms with Gasteiger partial charge in [0.25, 0.3) is 0 Å². The Bertz CT molecular complexity index is 1700. The smallest absolute Gasteiger partial charge is 0.346 e. The molecule has 2 aliphatic rings. The van der Waals surface area contributed by atoms with Crippen LogP contribution >= 0.6 is 0 Å². The summed E-state index contributed by atoms with van der Waals surface area (Å²) < 4.78 is 42.4. The minimum Gasteiger partial charge on any atom is -0.346 e. The largest absolute Gasteiger partial charge is 0.416 e. The summed E-state index contributed by atoms with van der Waals surface area (Å²) in [5.74, 6) is 1.25. The third kappa shape index (κ3) is 4.45. The molecule has 198 valence electrons. The van der Waals surface area contributed by atoms with Crippen LogP contribution in [0.5, 0.6) is 0 Å². The second kappa shape index (κ2) is 8.97. The number of alkyl halides is 3. The average molecular weight is 530 g/mol. The molecule has 0 radical (unpaired) electrons. The van der Waals surface area contributed by atoms with E-state index < -0.39 is 11.7 Å². The minimum absolute atomic E-state index is 0.180. The summed E-state index contributed by atoms with van der Waals surface area (Å²) in [7, 11) is 0. The van der Waals surface area contributed by atoms with Gasteiger partial charge < -0.3 is 14.5 Å². The number of nitrogens with zero attached hydrogens (tertiary/aromatic N) is 4. The quantitative estimate of drug-likeness (QED) is 0.282. The van der Waals surface area contributed by atoms with Crippen molar-refractivity contribution in [3.05, 3.63) is 72.4 Å². The number of nitrogens with one attached hydrogen (secondary N) is 1. The lowest BCUT2D eigenvalue weighted by Crippen LogP contribution is -2.30. The number of amides is 1. The number of benzene rings is 2. The highest BCUT2D eigenvalue weighted by Crippen LogP contribution is 2.36. The number of pyridine rings is 1. The highest BCUT2D eigenvalue weighted by molar-refractivity contribution is 5.83. The second-order valence-corrected chi connectivity index (χ2v) is 10.6. The summed E-state index contributed by atoms with van der Waals surface area (Å²) in [6, 6.07) is 17.5. The number of fused-ring (bicyclic) bond motifs is 2. The number of rotatable bonds is 5. The lowest BCUT2D eigenvalue weighted by atomic mass is 10.1. The van der Waals surface area contributed by atoms with Gasteiger partial charge >= 0.3 is 6.18 Å². The van der Waals surface area contributed by atoms with Crippen molar-refractivity contribution in [2.45, 2.75) is 32.0 Å². The fourth-order valence-electron chi connectivity index (χ4n) is 5.62. The van der Waals surface area contributed by atoms with E-state index in [2.05, 4.69) is 15.0 Å². The Hall–Kier alpha value is -4.14. The summed E-state index contributed by atoms with van der Waals surface area (Å²) in [6.45, 7) is 1.98. The molecule has 3 aromatic heterocycles. The molecule has 1 amide bonds. The van der Waals surface area contributed by atoms with Crippen LogP contribution in [0.15, 0.2) is 66.9 Å². The van der Waals surface area contributed by atoms with Gasteiger partial charge in [0.05, 0.1) is 22.3 Å². The third-order valence-electron chi connectivity index (χ3n) is 7.89. The molecule has 0 spiro atoms. The minimum atomic E-state index is -4.44. The van der Waals surface area contributed by atoms with Crippen LogP contribution in [0, 0.1) is 11.8 Å². The van der Waals surface area contributed by atoms with Gasteiger partial charge in [-0.1, -0.05) is 24.3 Å². The van der Waals surface area contributed by atoms with Crippen LogP contribution in [-0.2, 0) is 17.5 Å². The number of aromatic amines is 1. The molecule has 2 aromatic carbocycles. The van der Waals surface area contributed by atoms with Crippen molar-refractivity contribution >= 4 is 28.0 Å². The molecule has 2 fully saturated rings. The zero-order valence-corrected chi connectivity index (χ0v) is 21.1. The summed E-state index contributed by atoms with van der Waals surface area (Å²) in [6.07, 6.45) is 0.223. The number of H-pyrrole nitrogens is 1. The van der Waals surface area contributed by atoms with Gasteiger partial charge in [-0.3, -0.25) is 4.79 Å². The van der Waals surface area contributed by atoms with E-state index in [1.165, 1.54) is 6.07 Å². The molecule has 1 aliphatic carbocycles. The van der Waals surface area contributed by atoms with Crippen LogP contribution in [0.25, 0.3) is 44.7 Å². The van der Waals surface area contributed by atoms with Crippen LogP contribution in [0.4, 0.5) is 13.2 Å². The van der Waals surface area contributed by atoms with Crippen molar-refractivity contribution in [3.8, 4) is 22.6 Å². The number of carbonyl (C=O) groups excluding carboxylic acids is 1. The molecule has 1 saturated heterocycles. The zero-order chi connectivity index (χ0) is 26.7. The zero-order valence-electron chi connectivity index (χ0n) is 21.1. The number of hydrogen-bond donors (Lipinski definition) is 1. The number of hydrogen-bond acceptors (Lipinski definition) is 3. The average Bonchev–Trinajstić information content (AvgIpc) is 3.33. The van der Waals surface area contributed by atoms with Gasteiger partial charge in [0.15, 0.2) is 0 Å². The van der Waals surface area contributed by atoms with Crippen LogP contribution < -0.4 is 0 Å². The molecule has 1 atom stereocenters. The molecule has 4 heterocycles. The monoisotopic (exact) mass is 529 g/mol. The Balaban J connectivity index is 1.24. The maximum Gasteiger partial charge on any atom is 0.416 e. The predicted octanol–water partition coefficient (Wildman–Crippen LogP) is 6.52. The van der Waals surface area contributed by atoms with E-state index in [1.807, 2.05) is 58.1 Å². The van der Waals surface area contributed by atoms with Gasteiger partial charge in [0.2, 0.25) is 5.91 Å². The van der Waals surface area contributed by atoms with E-state index in [9.17, 15) is 18.0 Å². The van der Waals surface area contributed by atoms with Crippen LogP contribution in [0.1, 0.15) is 24.8 Å². The maximum absolute atomic E-state index is 13.5. The first-order chi connectivity index (χ1) is 18.8. The van der Waals surface area contributed by atoms with E-state index in [-0.39, 0.29) is 17.7 Å². The Kier molecular flexibility index (Phi) is 5.50. The van der Waals surface area contributed by atoms with E-state index in [0.717, 1.165) is 65.8 Å². The SMILES string of the molecule is O=C(C1CC1)N1CCC(Cn2c(-c3ccc(-c4ccc5cc[nH]c5n4)cc3)nc3cc(C(F)(F)F)ccc32)C1. The van der Waals surface area contributed by atoms with Crippen molar-refractivity contribution in [3.63, 3.8) is 0 Å². The van der Waals surface area contributed by atoms with Gasteiger partial charge in [0, 0.05) is 48.3 Å². The molecule has 7 rings (SSSR count). The van der Waals surface area contributed by atoms with Crippen LogP contribution in [0.3, 0.4) is 0 Å². The lowest BCUT2D eigenvalue weighted by Gasteiger charge is -2.18. The molecular formula is C30H26F3N5O. The van der Waals surface area contributed by atoms with Crippen LogP contribution in [0.2, 0.25) is 0 Å². The summed E-state index contributed by atoms with van der Waals surface area (Å²) in [5, 5.41) is 1.03. The van der Waals surface area contributed by atoms with Gasteiger partial charge in [-0.05, 0) is 61.6 Å². The van der Waals surface area contributed by atoms with Gasteiger partial charge in [-0.25, -0.2) is 9.97 Å². The van der Waals surface area contributed by atoms with Crippen LogP contribution in [-0.4, -0.2) is 43.4 Å². The van der Waals surface area contributed by atoms with Gasteiger partial charge in [-0.15, -0.1) is 0 Å². The Labute approximate surface area is 222 Å². The number of aromatic nitrogens is 4. The van der Waals surface area contributed by atoms with Gasteiger partial charge in [-0.2, -0.15) is 13.2 Å². The molecule has 39 heavy (non-hydrogen) atoms. The normalized spacial score (nSPS) is 17.9. The number of likely N-dealkylation sites (tertiary alicyclic amines) is 1. The molecule has 1 saturated carbocycles. The third-order valence-corrected chi connectivity index (χ3v) is 7.89. The first kappa shape index (κ1) is 23.9. The fourth-order valence-corrected chi connectivity index (χ4v) is 5.62. The van der Waals surface area contributed by atoms with Crippen molar-refractivity contribution < 1.29 is 18.0 Å². The Morgan fingerprint density at radius 3 is 2.51 bits per heavy atom. The number of carbonyl (C=O) groups is 1. The molecule has 9 heteroatoms. The lowest BCUT2D eigenvalue weighted by molar-refractivity contribution is -0.137. The molecule has 1 unspecified atom stereocenters. The molecule has 5 aromatic rings. The Morgan fingerprint density at radius 1 is 0.949 bits per heavy atom. The molecule has 0 bridgehead atoms. The summed E-state index contributed by atoms with van der Waals surface area (Å²) >= 11 is 0. The molecule has 1 N–H and O–H groups in total. The second-order valence-electron chi connectivity index (χ2n) is 10.6. The highest BCUT2D eigenvalue weighted by atomic mass is 19.4. The van der Waals surface area contributed by atoms with Crippen molar-refractivity contribution in [2.24, 2.45) is 11.8 Å². The Morgan fingerprint density at radius 2 is 1.74 bits per heavy atom. The van der Waals surface area contributed by atoms with E-state index in [0.29, 0.717) is 29.9 Å². The summed E-state index contributed by atoms with van der Waals surface area (Å²) in [5.41, 5.74) is 3.64. The molecular weight excluding hydrogens is 503 g/mol. The highest BCUT2D eigenvalue weighted by Gasteiger charge is 2.37. The number of imidazole rings is 1. The standard InChI is InChI=1S/C30H26F3N5O/c31-30(32,33)23-8-10-26-25(15-23)36-28(38(26)17-18-12-14-37(16-18)29(39)22-5-6-22)21-3-1-19(2-4-21)24-9-7-20-11-13-34-27(20)35-24/h1-4,7-11,13,15,18,22H,5-6,12,14,16-17H2,(H,34,35). The maximum atomic E-state index is 13.5.